The van der Waals surface area contributed by atoms with Crippen molar-refractivity contribution in [2.75, 3.05) is 13.2 Å². The van der Waals surface area contributed by atoms with Crippen LogP contribution in [0.5, 0.6) is 5.75 Å². The molecule has 2 aromatic carbocycles. The molecule has 0 spiro atoms. The largest absolute Gasteiger partial charge is 0.494 e. The number of hydrogen-bond donors (Lipinski definition) is 0. The minimum Gasteiger partial charge on any atom is -0.494 e. The van der Waals surface area contributed by atoms with E-state index in [-0.39, 0.29) is 11.4 Å². The summed E-state index contributed by atoms with van der Waals surface area (Å²) in [6.45, 7) is 9.50. The molecule has 0 fully saturated rings. The van der Waals surface area contributed by atoms with Gasteiger partial charge in [-0.3, -0.25) is 9.79 Å². The highest BCUT2D eigenvalue weighted by Gasteiger charge is 2.33. The van der Waals surface area contributed by atoms with E-state index in [2.05, 4.69) is 45.0 Å². The SMILES string of the molecule is CCOC(=O)CCCCCOc1ccc2ccc3c(c2c1)C(C)(C)C(C)=N3. The summed E-state index contributed by atoms with van der Waals surface area (Å²) in [5.74, 6) is 0.781. The lowest BCUT2D eigenvalue weighted by Crippen LogP contribution is -2.22. The summed E-state index contributed by atoms with van der Waals surface area (Å²) in [4.78, 5) is 16.1. The van der Waals surface area contributed by atoms with Crippen LogP contribution in [0.15, 0.2) is 35.3 Å². The summed E-state index contributed by atoms with van der Waals surface area (Å²) in [6.07, 6.45) is 3.22. The molecule has 0 saturated heterocycles. The maximum absolute atomic E-state index is 11.3. The lowest BCUT2D eigenvalue weighted by atomic mass is 9.80. The monoisotopic (exact) mass is 367 g/mol. The lowest BCUT2D eigenvalue weighted by Gasteiger charge is -2.22. The first kappa shape index (κ1) is 19.4. The molecule has 0 radical (unpaired) electrons. The molecule has 4 nitrogen and oxygen atoms in total. The molecule has 0 atom stereocenters. The Bertz CT molecular complexity index is 867. The fourth-order valence-corrected chi connectivity index (χ4v) is 3.60. The minimum atomic E-state index is -0.109. The van der Waals surface area contributed by atoms with Gasteiger partial charge in [0.15, 0.2) is 0 Å². The van der Waals surface area contributed by atoms with Gasteiger partial charge < -0.3 is 9.47 Å². The molecular weight excluding hydrogens is 338 g/mol. The lowest BCUT2D eigenvalue weighted by molar-refractivity contribution is -0.143. The molecule has 0 aromatic heterocycles. The van der Waals surface area contributed by atoms with Crippen molar-refractivity contribution in [1.29, 1.82) is 0 Å². The third-order valence-electron chi connectivity index (χ3n) is 5.39. The summed E-state index contributed by atoms with van der Waals surface area (Å²) >= 11 is 0. The zero-order chi connectivity index (χ0) is 19.4. The van der Waals surface area contributed by atoms with Crippen LogP contribution in [0, 0.1) is 0 Å². The summed E-state index contributed by atoms with van der Waals surface area (Å²) in [5.41, 5.74) is 3.46. The van der Waals surface area contributed by atoms with Gasteiger partial charge in [0.2, 0.25) is 0 Å². The highest BCUT2D eigenvalue weighted by molar-refractivity contribution is 6.06. The Morgan fingerprint density at radius 2 is 1.89 bits per heavy atom. The van der Waals surface area contributed by atoms with Crippen LogP contribution >= 0.6 is 0 Å². The summed E-state index contributed by atoms with van der Waals surface area (Å²) in [7, 11) is 0. The van der Waals surface area contributed by atoms with Crippen LogP contribution < -0.4 is 4.74 Å². The molecule has 1 heterocycles. The average Bonchev–Trinajstić information content (AvgIpc) is 2.87. The molecule has 27 heavy (non-hydrogen) atoms. The topological polar surface area (TPSA) is 47.9 Å². The first-order valence-corrected chi connectivity index (χ1v) is 9.85. The quantitative estimate of drug-likeness (QED) is 0.442. The average molecular weight is 367 g/mol. The second kappa shape index (κ2) is 8.12. The second-order valence-corrected chi connectivity index (χ2v) is 7.63. The van der Waals surface area contributed by atoms with Crippen molar-refractivity contribution in [3.63, 3.8) is 0 Å². The van der Waals surface area contributed by atoms with E-state index in [1.807, 2.05) is 13.0 Å². The van der Waals surface area contributed by atoms with Crippen LogP contribution in [0.25, 0.3) is 10.8 Å². The predicted molar refractivity (Wildman–Crippen MR) is 110 cm³/mol. The van der Waals surface area contributed by atoms with E-state index in [0.717, 1.165) is 36.4 Å². The minimum absolute atomic E-state index is 0.0550. The van der Waals surface area contributed by atoms with E-state index < -0.39 is 0 Å². The number of rotatable bonds is 8. The van der Waals surface area contributed by atoms with E-state index >= 15 is 0 Å². The van der Waals surface area contributed by atoms with Gasteiger partial charge in [-0.2, -0.15) is 0 Å². The zero-order valence-electron chi connectivity index (χ0n) is 16.8. The Morgan fingerprint density at radius 3 is 2.67 bits per heavy atom. The van der Waals surface area contributed by atoms with Crippen LogP contribution in [-0.4, -0.2) is 24.9 Å². The Balaban J connectivity index is 1.61. The third-order valence-corrected chi connectivity index (χ3v) is 5.39. The number of ether oxygens (including phenoxy) is 2. The molecule has 0 bridgehead atoms. The Labute approximate surface area is 161 Å². The van der Waals surface area contributed by atoms with Gasteiger partial charge in [0.1, 0.15) is 5.75 Å². The predicted octanol–water partition coefficient (Wildman–Crippen LogP) is 5.73. The van der Waals surface area contributed by atoms with Gasteiger partial charge >= 0.3 is 5.97 Å². The van der Waals surface area contributed by atoms with Crippen LogP contribution in [0.3, 0.4) is 0 Å². The van der Waals surface area contributed by atoms with Crippen LogP contribution in [0.4, 0.5) is 5.69 Å². The number of carbonyl (C=O) groups is 1. The molecule has 0 saturated carbocycles. The molecule has 0 aliphatic carbocycles. The second-order valence-electron chi connectivity index (χ2n) is 7.63. The maximum Gasteiger partial charge on any atom is 0.305 e. The van der Waals surface area contributed by atoms with Crippen molar-refractivity contribution in [1.82, 2.24) is 0 Å². The fraction of sp³-hybridized carbons (Fsp3) is 0.478. The Morgan fingerprint density at radius 1 is 1.11 bits per heavy atom. The number of nitrogens with zero attached hydrogens (tertiary/aromatic N) is 1. The molecule has 0 unspecified atom stereocenters. The molecule has 1 aliphatic heterocycles. The molecule has 1 aliphatic rings. The molecule has 2 aromatic rings. The number of fused-ring (bicyclic) bond motifs is 3. The maximum atomic E-state index is 11.3. The number of esters is 1. The van der Waals surface area contributed by atoms with E-state index in [0.29, 0.717) is 19.6 Å². The highest BCUT2D eigenvalue weighted by Crippen LogP contribution is 2.44. The van der Waals surface area contributed by atoms with Gasteiger partial charge in [-0.1, -0.05) is 26.0 Å². The Kier molecular flexibility index (Phi) is 5.83. The molecule has 4 heteroatoms. The number of unbranched alkanes of at least 4 members (excludes halogenated alkanes) is 2. The van der Waals surface area contributed by atoms with Crippen LogP contribution in [0.1, 0.15) is 58.9 Å². The van der Waals surface area contributed by atoms with E-state index in [4.69, 9.17) is 14.5 Å². The molecule has 144 valence electrons. The normalized spacial score (nSPS) is 14.7. The molecule has 3 rings (SSSR count). The van der Waals surface area contributed by atoms with Crippen molar-refractivity contribution < 1.29 is 14.3 Å². The van der Waals surface area contributed by atoms with Gasteiger partial charge in [0, 0.05) is 17.5 Å². The first-order chi connectivity index (χ1) is 12.9. The number of hydrogen-bond acceptors (Lipinski definition) is 4. The van der Waals surface area contributed by atoms with Crippen molar-refractivity contribution in [3.8, 4) is 5.75 Å². The van der Waals surface area contributed by atoms with E-state index in [9.17, 15) is 4.79 Å². The summed E-state index contributed by atoms with van der Waals surface area (Å²) in [6, 6.07) is 10.5. The Hall–Kier alpha value is -2.36. The fourth-order valence-electron chi connectivity index (χ4n) is 3.60. The van der Waals surface area contributed by atoms with E-state index in [1.165, 1.54) is 16.3 Å². The van der Waals surface area contributed by atoms with Gasteiger partial charge in [0.25, 0.3) is 0 Å². The van der Waals surface area contributed by atoms with Crippen molar-refractivity contribution in [2.24, 2.45) is 4.99 Å². The highest BCUT2D eigenvalue weighted by atomic mass is 16.5. The zero-order valence-corrected chi connectivity index (χ0v) is 16.8. The number of carbonyl (C=O) groups excluding carboxylic acids is 1. The van der Waals surface area contributed by atoms with Gasteiger partial charge in [-0.15, -0.1) is 0 Å². The first-order valence-electron chi connectivity index (χ1n) is 9.85. The van der Waals surface area contributed by atoms with Crippen molar-refractivity contribution >= 4 is 28.1 Å². The summed E-state index contributed by atoms with van der Waals surface area (Å²) in [5, 5.41) is 2.44. The molecular formula is C23H29NO3. The van der Waals surface area contributed by atoms with E-state index in [1.54, 1.807) is 0 Å². The van der Waals surface area contributed by atoms with Crippen molar-refractivity contribution in [2.45, 2.75) is 58.8 Å². The smallest absolute Gasteiger partial charge is 0.305 e. The van der Waals surface area contributed by atoms with Gasteiger partial charge in [-0.05, 0) is 67.6 Å². The van der Waals surface area contributed by atoms with Gasteiger partial charge in [0.05, 0.1) is 18.9 Å². The molecule has 0 N–H and O–H groups in total. The van der Waals surface area contributed by atoms with Gasteiger partial charge in [-0.25, -0.2) is 0 Å². The molecule has 0 amide bonds. The number of aliphatic imine (C=N–C) groups is 1. The van der Waals surface area contributed by atoms with Crippen molar-refractivity contribution in [3.05, 3.63) is 35.9 Å². The van der Waals surface area contributed by atoms with Crippen LogP contribution in [0.2, 0.25) is 0 Å². The summed E-state index contributed by atoms with van der Waals surface area (Å²) < 4.78 is 10.9. The number of benzene rings is 2. The third kappa shape index (κ3) is 4.15. The standard InChI is InChI=1S/C23H29NO3/c1-5-26-21(25)9-7-6-8-14-27-18-12-10-17-11-13-20-22(19(17)15-18)23(3,4)16(2)24-20/h10-13,15H,5-9,14H2,1-4H3. The van der Waals surface area contributed by atoms with Crippen LogP contribution in [-0.2, 0) is 14.9 Å².